The molecule has 2 heteroatoms. The van der Waals surface area contributed by atoms with Gasteiger partial charge in [0.1, 0.15) is 0 Å². The van der Waals surface area contributed by atoms with Crippen LogP contribution in [0.25, 0.3) is 10.8 Å². The third kappa shape index (κ3) is 2.83. The molecule has 0 aliphatic carbocycles. The fourth-order valence-electron chi connectivity index (χ4n) is 1.49. The first-order valence-electron chi connectivity index (χ1n) is 5.19. The molecule has 0 saturated carbocycles. The number of hydrogen-bond acceptors (Lipinski definition) is 2. The van der Waals surface area contributed by atoms with Gasteiger partial charge in [-0.15, -0.1) is 11.8 Å². The van der Waals surface area contributed by atoms with Gasteiger partial charge in [-0.25, -0.2) is 0 Å². The van der Waals surface area contributed by atoms with Gasteiger partial charge in [0.05, 0.1) is 0 Å². The number of fused-ring (bicyclic) bond motifs is 1. The van der Waals surface area contributed by atoms with Crippen molar-refractivity contribution in [3.8, 4) is 0 Å². The van der Waals surface area contributed by atoms with Crippen molar-refractivity contribution < 1.29 is 0 Å². The minimum Gasteiger partial charge on any atom is -0.175 e. The molecule has 2 rings (SSSR count). The third-order valence-corrected chi connectivity index (χ3v) is 3.97. The average molecular weight is 246 g/mol. The fourth-order valence-corrected chi connectivity index (χ4v) is 2.60. The molecule has 16 heavy (non-hydrogen) atoms. The lowest BCUT2D eigenvalue weighted by Crippen LogP contribution is -1.86. The van der Waals surface area contributed by atoms with Gasteiger partial charge in [0, 0.05) is 16.4 Å². The van der Waals surface area contributed by atoms with E-state index in [-0.39, 0.29) is 0 Å². The Morgan fingerprint density at radius 2 is 1.88 bits per heavy atom. The Labute approximate surface area is 106 Å². The van der Waals surface area contributed by atoms with Crippen LogP contribution in [0.1, 0.15) is 0 Å². The molecule has 2 aromatic rings. The zero-order chi connectivity index (χ0) is 11.4. The summed E-state index contributed by atoms with van der Waals surface area (Å²) in [6.07, 6.45) is 0. The van der Waals surface area contributed by atoms with E-state index < -0.39 is 0 Å². The Morgan fingerprint density at radius 1 is 1.12 bits per heavy atom. The van der Waals surface area contributed by atoms with Gasteiger partial charge < -0.3 is 0 Å². The maximum absolute atomic E-state index is 4.21. The molecule has 0 atom stereocenters. The van der Waals surface area contributed by atoms with E-state index in [1.54, 1.807) is 0 Å². The number of benzene rings is 2. The molecular weight excluding hydrogens is 232 g/mol. The van der Waals surface area contributed by atoms with E-state index in [1.165, 1.54) is 21.2 Å². The van der Waals surface area contributed by atoms with E-state index in [0.717, 1.165) is 11.5 Å². The summed E-state index contributed by atoms with van der Waals surface area (Å²) in [7, 11) is 0. The van der Waals surface area contributed by atoms with Crippen molar-refractivity contribution in [2.45, 2.75) is 4.90 Å². The molecule has 0 unspecified atom stereocenters. The van der Waals surface area contributed by atoms with Crippen molar-refractivity contribution in [1.82, 2.24) is 0 Å². The number of thiol groups is 1. The number of hydrogen-bond donors (Lipinski definition) is 1. The average Bonchev–Trinajstić information content (AvgIpc) is 2.35. The molecule has 0 aromatic heterocycles. The highest BCUT2D eigenvalue weighted by Crippen LogP contribution is 2.24. The molecule has 0 heterocycles. The van der Waals surface area contributed by atoms with Gasteiger partial charge in [-0.2, -0.15) is 12.6 Å². The summed E-state index contributed by atoms with van der Waals surface area (Å²) in [5.41, 5.74) is 1.17. The second-order valence-corrected chi connectivity index (χ2v) is 5.07. The highest BCUT2D eigenvalue weighted by atomic mass is 32.2. The molecule has 0 aliphatic heterocycles. The maximum Gasteiger partial charge on any atom is 0.0196 e. The monoisotopic (exact) mass is 246 g/mol. The number of thioether (sulfide) groups is 1. The van der Waals surface area contributed by atoms with Gasteiger partial charge in [-0.3, -0.25) is 0 Å². The lowest BCUT2D eigenvalue weighted by atomic mass is 10.1. The van der Waals surface area contributed by atoms with Crippen LogP contribution in [0.15, 0.2) is 59.5 Å². The van der Waals surface area contributed by atoms with Crippen LogP contribution in [-0.4, -0.2) is 11.5 Å². The van der Waals surface area contributed by atoms with Crippen LogP contribution in [0.5, 0.6) is 0 Å². The van der Waals surface area contributed by atoms with E-state index in [0.29, 0.717) is 0 Å². The molecule has 0 fully saturated rings. The van der Waals surface area contributed by atoms with Crippen molar-refractivity contribution >= 4 is 35.2 Å². The fraction of sp³-hybridized carbons (Fsp3) is 0.143. The van der Waals surface area contributed by atoms with Crippen LogP contribution < -0.4 is 0 Å². The molecule has 0 saturated heterocycles. The van der Waals surface area contributed by atoms with Gasteiger partial charge in [-0.1, -0.05) is 42.5 Å². The largest absolute Gasteiger partial charge is 0.175 e. The van der Waals surface area contributed by atoms with Crippen molar-refractivity contribution in [2.24, 2.45) is 0 Å². The first-order valence-corrected chi connectivity index (χ1v) is 6.80. The van der Waals surface area contributed by atoms with Crippen LogP contribution in [0.4, 0.5) is 0 Å². The lowest BCUT2D eigenvalue weighted by Gasteiger charge is -2.04. The van der Waals surface area contributed by atoms with E-state index in [1.807, 2.05) is 11.8 Å². The highest BCUT2D eigenvalue weighted by molar-refractivity contribution is 7.99. The predicted octanol–water partition coefficient (Wildman–Crippen LogP) is 4.42. The summed E-state index contributed by atoms with van der Waals surface area (Å²) in [5, 5.41) is 2.59. The second kappa shape index (κ2) is 5.46. The standard InChI is InChI=1S/C14H14S2/c1-11(9-15)10-16-14-7-6-12-4-2-3-5-13(12)8-14/h2-8,15H,1,9-10H2. The van der Waals surface area contributed by atoms with Gasteiger partial charge in [-0.05, 0) is 22.9 Å². The smallest absolute Gasteiger partial charge is 0.0196 e. The van der Waals surface area contributed by atoms with Gasteiger partial charge in [0.2, 0.25) is 0 Å². The van der Waals surface area contributed by atoms with Gasteiger partial charge in [0.25, 0.3) is 0 Å². The summed E-state index contributed by atoms with van der Waals surface area (Å²) < 4.78 is 0. The van der Waals surface area contributed by atoms with E-state index in [4.69, 9.17) is 0 Å². The van der Waals surface area contributed by atoms with E-state index in [2.05, 4.69) is 61.7 Å². The lowest BCUT2D eigenvalue weighted by molar-refractivity contribution is 1.43. The first-order chi connectivity index (χ1) is 7.79. The second-order valence-electron chi connectivity index (χ2n) is 3.71. The van der Waals surface area contributed by atoms with Crippen molar-refractivity contribution in [3.63, 3.8) is 0 Å². The molecule has 82 valence electrons. The van der Waals surface area contributed by atoms with E-state index >= 15 is 0 Å². The molecule has 0 N–H and O–H groups in total. The Kier molecular flexibility index (Phi) is 3.97. The van der Waals surface area contributed by atoms with Crippen molar-refractivity contribution in [2.75, 3.05) is 11.5 Å². The van der Waals surface area contributed by atoms with Crippen molar-refractivity contribution in [3.05, 3.63) is 54.6 Å². The normalized spacial score (nSPS) is 10.6. The molecular formula is C14H14S2. The molecule has 0 radical (unpaired) electrons. The first kappa shape index (κ1) is 11.6. The van der Waals surface area contributed by atoms with Crippen molar-refractivity contribution in [1.29, 1.82) is 0 Å². The maximum atomic E-state index is 4.21. The Bertz CT molecular complexity index is 503. The van der Waals surface area contributed by atoms with Crippen LogP contribution >= 0.6 is 24.4 Å². The summed E-state index contributed by atoms with van der Waals surface area (Å²) in [5.74, 6) is 1.71. The van der Waals surface area contributed by atoms with Crippen LogP contribution in [0.3, 0.4) is 0 Å². The van der Waals surface area contributed by atoms with Gasteiger partial charge in [0.15, 0.2) is 0 Å². The Balaban J connectivity index is 2.16. The van der Waals surface area contributed by atoms with Crippen LogP contribution in [0, 0.1) is 0 Å². The minimum absolute atomic E-state index is 0.764. The molecule has 0 amide bonds. The molecule has 0 nitrogen and oxygen atoms in total. The Hall–Kier alpha value is -0.860. The van der Waals surface area contributed by atoms with Crippen LogP contribution in [-0.2, 0) is 0 Å². The quantitative estimate of drug-likeness (QED) is 0.473. The van der Waals surface area contributed by atoms with Crippen LogP contribution in [0.2, 0.25) is 0 Å². The summed E-state index contributed by atoms with van der Waals surface area (Å²) in [6, 6.07) is 15.0. The molecule has 2 aromatic carbocycles. The number of rotatable bonds is 4. The molecule has 0 aliphatic rings. The molecule has 0 spiro atoms. The zero-order valence-electron chi connectivity index (χ0n) is 9.02. The minimum atomic E-state index is 0.764. The summed E-state index contributed by atoms with van der Waals surface area (Å²) in [4.78, 5) is 1.29. The predicted molar refractivity (Wildman–Crippen MR) is 77.7 cm³/mol. The van der Waals surface area contributed by atoms with Gasteiger partial charge >= 0.3 is 0 Å². The summed E-state index contributed by atoms with van der Waals surface area (Å²) >= 11 is 6.03. The molecule has 0 bridgehead atoms. The summed E-state index contributed by atoms with van der Waals surface area (Å²) in [6.45, 7) is 3.95. The van der Waals surface area contributed by atoms with E-state index in [9.17, 15) is 0 Å². The SMILES string of the molecule is C=C(CS)CSc1ccc2ccccc2c1. The highest BCUT2D eigenvalue weighted by Gasteiger charge is 1.98. The topological polar surface area (TPSA) is 0 Å². The third-order valence-electron chi connectivity index (χ3n) is 2.39. The zero-order valence-corrected chi connectivity index (χ0v) is 10.7. The Morgan fingerprint density at radius 3 is 2.62 bits per heavy atom.